The Kier molecular flexibility index (Phi) is 5.32. The summed E-state index contributed by atoms with van der Waals surface area (Å²) in [5, 5.41) is 4.74. The van der Waals surface area contributed by atoms with Crippen molar-refractivity contribution in [2.24, 2.45) is 0 Å². The Hall–Kier alpha value is -3.18. The molecule has 2 aromatic carbocycles. The smallest absolute Gasteiger partial charge is 0.137 e. The summed E-state index contributed by atoms with van der Waals surface area (Å²) >= 11 is 6.39. The van der Waals surface area contributed by atoms with E-state index in [2.05, 4.69) is 15.3 Å². The summed E-state index contributed by atoms with van der Waals surface area (Å²) in [6.45, 7) is 1.90. The van der Waals surface area contributed by atoms with Crippen molar-refractivity contribution in [1.29, 1.82) is 0 Å². The van der Waals surface area contributed by atoms with Crippen molar-refractivity contribution in [1.82, 2.24) is 9.97 Å². The molecule has 29 heavy (non-hydrogen) atoms. The Labute approximate surface area is 173 Å². The number of hydrogen-bond donors (Lipinski definition) is 1. The van der Waals surface area contributed by atoms with Crippen LogP contribution in [0.1, 0.15) is 18.5 Å². The number of fused-ring (bicyclic) bond motifs is 1. The Bertz CT molecular complexity index is 1180. The second-order valence-electron chi connectivity index (χ2n) is 6.71. The lowest BCUT2D eigenvalue weighted by molar-refractivity contribution is 0.413. The van der Waals surface area contributed by atoms with Gasteiger partial charge in [-0.1, -0.05) is 35.9 Å². The van der Waals surface area contributed by atoms with Crippen LogP contribution in [0.5, 0.6) is 5.75 Å². The van der Waals surface area contributed by atoms with E-state index < -0.39 is 0 Å². The summed E-state index contributed by atoms with van der Waals surface area (Å²) in [5.74, 6) is 0.355. The van der Waals surface area contributed by atoms with E-state index in [1.54, 1.807) is 31.8 Å². The van der Waals surface area contributed by atoms with Gasteiger partial charge in [-0.15, -0.1) is 0 Å². The Morgan fingerprint density at radius 1 is 1.03 bits per heavy atom. The maximum Gasteiger partial charge on any atom is 0.137 e. The number of para-hydroxylation sites is 1. The van der Waals surface area contributed by atoms with Crippen molar-refractivity contribution in [3.63, 3.8) is 0 Å². The minimum absolute atomic E-state index is 0.293. The van der Waals surface area contributed by atoms with Crippen LogP contribution in [0.2, 0.25) is 5.02 Å². The highest BCUT2D eigenvalue weighted by Gasteiger charge is 2.16. The van der Waals surface area contributed by atoms with Crippen molar-refractivity contribution in [2.45, 2.75) is 13.0 Å². The molecule has 2 heterocycles. The number of benzene rings is 2. The van der Waals surface area contributed by atoms with Crippen molar-refractivity contribution in [3.05, 3.63) is 83.5 Å². The summed E-state index contributed by atoms with van der Waals surface area (Å²) in [6.07, 6.45) is 4.97. The number of hydrogen-bond acceptors (Lipinski definition) is 4. The average Bonchev–Trinajstić information content (AvgIpc) is 2.76. The molecule has 0 aliphatic rings. The molecule has 4 aromatic rings. The Balaban J connectivity index is 1.71. The van der Waals surface area contributed by atoms with Crippen LogP contribution in [0.25, 0.3) is 22.0 Å². The summed E-state index contributed by atoms with van der Waals surface area (Å²) in [5.41, 5.74) is 3.79. The molecular formula is C23H19ClFN3O. The number of aromatic nitrogens is 2. The topological polar surface area (TPSA) is 47.0 Å². The molecule has 0 saturated carbocycles. The molecule has 6 heteroatoms. The van der Waals surface area contributed by atoms with Crippen molar-refractivity contribution < 1.29 is 9.13 Å². The lowest BCUT2D eigenvalue weighted by atomic mass is 10.00. The number of nitrogens with zero attached hydrogens (tertiary/aromatic N) is 2. The van der Waals surface area contributed by atoms with Gasteiger partial charge in [0, 0.05) is 28.9 Å². The van der Waals surface area contributed by atoms with Gasteiger partial charge in [-0.05, 0) is 36.8 Å². The third kappa shape index (κ3) is 3.87. The van der Waals surface area contributed by atoms with Crippen LogP contribution < -0.4 is 10.1 Å². The molecule has 0 saturated heterocycles. The average molecular weight is 408 g/mol. The Morgan fingerprint density at radius 3 is 2.69 bits per heavy atom. The molecule has 0 amide bonds. The van der Waals surface area contributed by atoms with E-state index in [1.807, 2.05) is 43.3 Å². The van der Waals surface area contributed by atoms with Crippen molar-refractivity contribution in [3.8, 4) is 16.9 Å². The molecule has 4 rings (SSSR count). The predicted octanol–water partition coefficient (Wildman–Crippen LogP) is 6.27. The number of ether oxygens (including phenoxy) is 1. The van der Waals surface area contributed by atoms with E-state index >= 15 is 0 Å². The molecule has 0 unspecified atom stereocenters. The first-order valence-electron chi connectivity index (χ1n) is 9.15. The van der Waals surface area contributed by atoms with E-state index in [1.165, 1.54) is 6.07 Å². The van der Waals surface area contributed by atoms with Gasteiger partial charge in [-0.2, -0.15) is 0 Å². The van der Waals surface area contributed by atoms with Crippen LogP contribution in [-0.2, 0) is 0 Å². The maximum absolute atomic E-state index is 14.7. The van der Waals surface area contributed by atoms with Crippen LogP contribution in [0.15, 0.2) is 67.1 Å². The van der Waals surface area contributed by atoms with E-state index in [-0.39, 0.29) is 11.9 Å². The van der Waals surface area contributed by atoms with Gasteiger partial charge in [0.1, 0.15) is 11.6 Å². The summed E-state index contributed by atoms with van der Waals surface area (Å²) < 4.78 is 19.9. The molecule has 0 spiro atoms. The second kappa shape index (κ2) is 8.05. The standard InChI is InChI=1S/C23H19ClFN3O/c1-14(28-23-18-5-3-4-6-22(18)27-13-20(23)24)19-10-15(7-8-21(19)25)16-9-17(29-2)12-26-11-16/h3-14H,1-2H3,(H,27,28)/t14-/m1/s1. The molecule has 0 bridgehead atoms. The lowest BCUT2D eigenvalue weighted by Crippen LogP contribution is -2.10. The molecule has 2 aromatic heterocycles. The molecule has 1 N–H and O–H groups in total. The van der Waals surface area contributed by atoms with Crippen LogP contribution in [0, 0.1) is 5.82 Å². The van der Waals surface area contributed by atoms with Gasteiger partial charge in [-0.25, -0.2) is 4.39 Å². The van der Waals surface area contributed by atoms with Crippen molar-refractivity contribution in [2.75, 3.05) is 12.4 Å². The first-order valence-corrected chi connectivity index (χ1v) is 9.53. The normalized spacial score (nSPS) is 12.0. The minimum atomic E-state index is -0.322. The molecule has 0 aliphatic carbocycles. The lowest BCUT2D eigenvalue weighted by Gasteiger charge is -2.19. The van der Waals surface area contributed by atoms with Crippen LogP contribution in [0.4, 0.5) is 10.1 Å². The quantitative estimate of drug-likeness (QED) is 0.423. The summed E-state index contributed by atoms with van der Waals surface area (Å²) in [4.78, 5) is 8.53. The molecular weight excluding hydrogens is 389 g/mol. The zero-order valence-electron chi connectivity index (χ0n) is 16.0. The Morgan fingerprint density at radius 2 is 1.86 bits per heavy atom. The molecule has 146 valence electrons. The number of anilines is 1. The zero-order valence-corrected chi connectivity index (χ0v) is 16.7. The second-order valence-corrected chi connectivity index (χ2v) is 7.12. The molecule has 0 fully saturated rings. The third-order valence-electron chi connectivity index (χ3n) is 4.83. The summed E-state index contributed by atoms with van der Waals surface area (Å²) in [6, 6.07) is 14.3. The number of pyridine rings is 2. The van der Waals surface area contributed by atoms with E-state index in [9.17, 15) is 4.39 Å². The first kappa shape index (κ1) is 19.2. The minimum Gasteiger partial charge on any atom is -0.495 e. The highest BCUT2D eigenvalue weighted by atomic mass is 35.5. The molecule has 0 aliphatic heterocycles. The van der Waals surface area contributed by atoms with E-state index in [0.29, 0.717) is 16.3 Å². The number of methoxy groups -OCH3 is 1. The fourth-order valence-corrected chi connectivity index (χ4v) is 3.51. The fourth-order valence-electron chi connectivity index (χ4n) is 3.30. The third-order valence-corrected chi connectivity index (χ3v) is 5.12. The fraction of sp³-hybridized carbons (Fsp3) is 0.130. The van der Waals surface area contributed by atoms with Gasteiger partial charge in [0.15, 0.2) is 0 Å². The SMILES string of the molecule is COc1cncc(-c2ccc(F)c([C@@H](C)Nc3c(Cl)cnc4ccccc34)c2)c1. The maximum atomic E-state index is 14.7. The number of halogens is 2. The van der Waals surface area contributed by atoms with E-state index in [0.717, 1.165) is 27.7 Å². The highest BCUT2D eigenvalue weighted by Crippen LogP contribution is 2.34. The number of nitrogens with one attached hydrogen (secondary N) is 1. The van der Waals surface area contributed by atoms with Gasteiger partial charge in [0.25, 0.3) is 0 Å². The monoisotopic (exact) mass is 407 g/mol. The summed E-state index contributed by atoms with van der Waals surface area (Å²) in [7, 11) is 1.59. The van der Waals surface area contributed by atoms with Gasteiger partial charge < -0.3 is 10.1 Å². The molecule has 1 atom stereocenters. The predicted molar refractivity (Wildman–Crippen MR) is 115 cm³/mol. The van der Waals surface area contributed by atoms with Crippen LogP contribution >= 0.6 is 11.6 Å². The van der Waals surface area contributed by atoms with Gasteiger partial charge in [0.2, 0.25) is 0 Å². The van der Waals surface area contributed by atoms with Crippen molar-refractivity contribution >= 4 is 28.2 Å². The number of rotatable bonds is 5. The van der Waals surface area contributed by atoms with Crippen LogP contribution in [0.3, 0.4) is 0 Å². The van der Waals surface area contributed by atoms with Gasteiger partial charge >= 0.3 is 0 Å². The van der Waals surface area contributed by atoms with Crippen LogP contribution in [-0.4, -0.2) is 17.1 Å². The largest absolute Gasteiger partial charge is 0.495 e. The molecule has 0 radical (unpaired) electrons. The zero-order chi connectivity index (χ0) is 20.4. The highest BCUT2D eigenvalue weighted by molar-refractivity contribution is 6.34. The van der Waals surface area contributed by atoms with E-state index in [4.69, 9.17) is 16.3 Å². The molecule has 4 nitrogen and oxygen atoms in total. The van der Waals surface area contributed by atoms with Gasteiger partial charge in [0.05, 0.1) is 35.6 Å². The first-order chi connectivity index (χ1) is 14.1. The van der Waals surface area contributed by atoms with Gasteiger partial charge in [-0.3, -0.25) is 9.97 Å².